The summed E-state index contributed by atoms with van der Waals surface area (Å²) in [6.07, 6.45) is 36.2. The zero-order valence-corrected chi connectivity index (χ0v) is 27.1. The topological polar surface area (TPSA) is 0 Å². The Labute approximate surface area is 259 Å². The van der Waals surface area contributed by atoms with Gasteiger partial charge < -0.3 is 0 Å². The van der Waals surface area contributed by atoms with E-state index in [0.717, 1.165) is 0 Å². The molecule has 0 saturated heterocycles. The second-order valence-corrected chi connectivity index (χ2v) is 19.7. The molecule has 20 atom stereocenters. The Balaban J connectivity index is 0.982. The minimum atomic E-state index is 1.17. The molecule has 0 spiro atoms. The lowest BCUT2D eigenvalue weighted by Gasteiger charge is -2.71. The Morgan fingerprint density at radius 2 is 0.357 bits per heavy atom. The van der Waals surface area contributed by atoms with Crippen LogP contribution in [0.4, 0.5) is 0 Å². The monoisotopic (exact) mass is 569 g/mol. The summed E-state index contributed by atoms with van der Waals surface area (Å²) in [5.74, 6) is 23.5. The molecule has 0 heteroatoms. The highest BCUT2D eigenvalue weighted by Crippen LogP contribution is 2.74. The summed E-state index contributed by atoms with van der Waals surface area (Å²) >= 11 is 0. The van der Waals surface area contributed by atoms with Crippen LogP contribution < -0.4 is 0 Å². The third-order valence-corrected chi connectivity index (χ3v) is 19.5. The Bertz CT molecular complexity index is 881. The fourth-order valence-corrected chi connectivity index (χ4v) is 19.2. The van der Waals surface area contributed by atoms with Crippen LogP contribution >= 0.6 is 0 Å². The van der Waals surface area contributed by atoms with E-state index in [1.165, 1.54) is 118 Å². The Morgan fingerprint density at radius 1 is 0.167 bits per heavy atom. The van der Waals surface area contributed by atoms with Crippen molar-refractivity contribution in [1.82, 2.24) is 0 Å². The van der Waals surface area contributed by atoms with Crippen LogP contribution in [0.15, 0.2) is 0 Å². The molecule has 0 bridgehead atoms. The van der Waals surface area contributed by atoms with E-state index >= 15 is 0 Å². The normalized spacial score (nSPS) is 64.0. The Kier molecular flexibility index (Phi) is 6.07. The lowest BCUT2D eigenvalue weighted by Crippen LogP contribution is -2.65. The molecule has 11 saturated carbocycles. The van der Waals surface area contributed by atoms with E-state index in [0.29, 0.717) is 0 Å². The van der Waals surface area contributed by atoms with Gasteiger partial charge in [0.2, 0.25) is 0 Å². The SMILES string of the molecule is C1CCC2C(C1)C1CCCC3C4CC5C(CC4C4CCCC2C4C13)C1CCCC2C3CCCCC3C3CCCC5C3C21. The lowest BCUT2D eigenvalue weighted by molar-refractivity contribution is -0.230. The minimum absolute atomic E-state index is 1.17. The Morgan fingerprint density at radius 3 is 0.595 bits per heavy atom. The molecule has 42 heavy (non-hydrogen) atoms. The van der Waals surface area contributed by atoms with E-state index in [2.05, 4.69) is 0 Å². The van der Waals surface area contributed by atoms with Gasteiger partial charge in [-0.25, -0.2) is 0 Å². The number of hydrogen-bond donors (Lipinski definition) is 0. The highest BCUT2D eigenvalue weighted by Gasteiger charge is 2.67. The summed E-state index contributed by atoms with van der Waals surface area (Å²) in [7, 11) is 0. The van der Waals surface area contributed by atoms with E-state index in [-0.39, 0.29) is 0 Å². The molecular formula is C42H64. The van der Waals surface area contributed by atoms with Gasteiger partial charge in [-0.2, -0.15) is 0 Å². The molecule has 11 fully saturated rings. The highest BCUT2D eigenvalue weighted by molar-refractivity contribution is 5.16. The third-order valence-electron chi connectivity index (χ3n) is 19.5. The van der Waals surface area contributed by atoms with Crippen LogP contribution in [0.3, 0.4) is 0 Å². The van der Waals surface area contributed by atoms with E-state index < -0.39 is 0 Å². The van der Waals surface area contributed by atoms with Gasteiger partial charge in [0.15, 0.2) is 0 Å². The molecule has 0 heterocycles. The first-order valence-corrected chi connectivity index (χ1v) is 20.9. The molecule has 0 aromatic heterocycles. The smallest absolute Gasteiger partial charge is 0.0318 e. The average Bonchev–Trinajstić information content (AvgIpc) is 3.07. The van der Waals surface area contributed by atoms with Crippen molar-refractivity contribution in [2.75, 3.05) is 0 Å². The molecule has 0 amide bonds. The van der Waals surface area contributed by atoms with Crippen LogP contribution in [0.5, 0.6) is 0 Å². The molecule has 20 unspecified atom stereocenters. The van der Waals surface area contributed by atoms with Gasteiger partial charge in [-0.1, -0.05) is 51.4 Å². The first-order valence-electron chi connectivity index (χ1n) is 20.9. The van der Waals surface area contributed by atoms with E-state index in [1.54, 1.807) is 141 Å². The molecule has 0 radical (unpaired) electrons. The van der Waals surface area contributed by atoms with Crippen molar-refractivity contribution in [1.29, 1.82) is 0 Å². The van der Waals surface area contributed by atoms with E-state index in [9.17, 15) is 0 Å². The summed E-state index contributed by atoms with van der Waals surface area (Å²) in [6.45, 7) is 0. The predicted molar refractivity (Wildman–Crippen MR) is 171 cm³/mol. The van der Waals surface area contributed by atoms with Gasteiger partial charge in [0.1, 0.15) is 0 Å². The zero-order chi connectivity index (χ0) is 27.1. The molecule has 0 aromatic carbocycles. The molecule has 11 aliphatic carbocycles. The van der Waals surface area contributed by atoms with E-state index in [1.807, 2.05) is 0 Å². The number of rotatable bonds is 0. The second-order valence-electron chi connectivity index (χ2n) is 19.7. The molecule has 0 N–H and O–H groups in total. The second kappa shape index (κ2) is 9.76. The highest BCUT2D eigenvalue weighted by atomic mass is 14.7. The van der Waals surface area contributed by atoms with Gasteiger partial charge in [-0.15, -0.1) is 0 Å². The molecule has 0 nitrogen and oxygen atoms in total. The van der Waals surface area contributed by atoms with Gasteiger partial charge in [0, 0.05) is 0 Å². The standard InChI is InChI=1S/C42H64/c1-2-10-24-23(9-1)27-13-5-17-31-35-21-37-33-19-7-15-29-25-11-3-4-12-26(25)30-16-8-20-34(42(30)41(29)33)38(37)22-36(35)32-18-6-14-28(24)40(32)39(27)31/h23-42H,1-22H2. The van der Waals surface area contributed by atoms with Gasteiger partial charge in [-0.05, 0) is 208 Å². The first kappa shape index (κ1) is 26.1. The van der Waals surface area contributed by atoms with Crippen LogP contribution in [0.25, 0.3) is 0 Å². The van der Waals surface area contributed by atoms with Crippen LogP contribution in [0.2, 0.25) is 0 Å². The molecule has 0 aromatic rings. The van der Waals surface area contributed by atoms with Gasteiger partial charge in [0.05, 0.1) is 0 Å². The summed E-state index contributed by atoms with van der Waals surface area (Å²) in [4.78, 5) is 0. The van der Waals surface area contributed by atoms with Crippen molar-refractivity contribution in [3.8, 4) is 0 Å². The largest absolute Gasteiger partial charge is 0.0530 e. The minimum Gasteiger partial charge on any atom is -0.0530 e. The molecule has 11 rings (SSSR count). The maximum absolute atomic E-state index is 1.75. The summed E-state index contributed by atoms with van der Waals surface area (Å²) < 4.78 is 0. The molecular weight excluding hydrogens is 504 g/mol. The summed E-state index contributed by atoms with van der Waals surface area (Å²) in [6, 6.07) is 0. The van der Waals surface area contributed by atoms with Gasteiger partial charge in [0.25, 0.3) is 0 Å². The van der Waals surface area contributed by atoms with Gasteiger partial charge in [-0.3, -0.25) is 0 Å². The predicted octanol–water partition coefficient (Wildman–Crippen LogP) is 11.0. The van der Waals surface area contributed by atoms with Crippen LogP contribution in [0, 0.1) is 118 Å². The number of hydrogen-bond acceptors (Lipinski definition) is 0. The summed E-state index contributed by atoms with van der Waals surface area (Å²) in [5, 5.41) is 0. The maximum Gasteiger partial charge on any atom is -0.0318 e. The van der Waals surface area contributed by atoms with Crippen molar-refractivity contribution in [2.45, 2.75) is 141 Å². The van der Waals surface area contributed by atoms with Crippen molar-refractivity contribution in [2.24, 2.45) is 118 Å². The molecule has 232 valence electrons. The van der Waals surface area contributed by atoms with Crippen LogP contribution in [-0.2, 0) is 0 Å². The molecule has 11 aliphatic rings. The first-order chi connectivity index (χ1) is 20.9. The Hall–Kier alpha value is 0. The van der Waals surface area contributed by atoms with Gasteiger partial charge >= 0.3 is 0 Å². The summed E-state index contributed by atoms with van der Waals surface area (Å²) in [5.41, 5.74) is 0. The van der Waals surface area contributed by atoms with Crippen molar-refractivity contribution < 1.29 is 0 Å². The maximum atomic E-state index is 1.75. The average molecular weight is 569 g/mol. The third kappa shape index (κ3) is 3.39. The van der Waals surface area contributed by atoms with Crippen LogP contribution in [0.1, 0.15) is 141 Å². The fourth-order valence-electron chi connectivity index (χ4n) is 19.2. The fraction of sp³-hybridized carbons (Fsp3) is 1.00. The van der Waals surface area contributed by atoms with Crippen molar-refractivity contribution >= 4 is 0 Å². The zero-order valence-electron chi connectivity index (χ0n) is 27.1. The van der Waals surface area contributed by atoms with Crippen molar-refractivity contribution in [3.63, 3.8) is 0 Å². The lowest BCUT2D eigenvalue weighted by atomic mass is 9.34. The van der Waals surface area contributed by atoms with Crippen molar-refractivity contribution in [3.05, 3.63) is 0 Å². The van der Waals surface area contributed by atoms with E-state index in [4.69, 9.17) is 0 Å². The quantitative estimate of drug-likeness (QED) is 0.273. The van der Waals surface area contributed by atoms with Crippen LogP contribution in [-0.4, -0.2) is 0 Å². The molecule has 0 aliphatic heterocycles. The number of fused-ring (bicyclic) bond motifs is 12.